The highest BCUT2D eigenvalue weighted by Gasteiger charge is 2.29. The number of imidazole rings is 2. The number of hydrogen-bond acceptors (Lipinski definition) is 5. The van der Waals surface area contributed by atoms with Crippen LogP contribution in [0.4, 0.5) is 0 Å². The molecule has 43 heavy (non-hydrogen) atoms. The van der Waals surface area contributed by atoms with Crippen molar-refractivity contribution < 1.29 is 9.53 Å². The highest BCUT2D eigenvalue weighted by atomic mass is 16.5. The maximum absolute atomic E-state index is 13.4. The van der Waals surface area contributed by atoms with Gasteiger partial charge in [-0.1, -0.05) is 30.3 Å². The van der Waals surface area contributed by atoms with Crippen molar-refractivity contribution in [3.8, 4) is 5.69 Å². The number of nitrogens with zero attached hydrogens (tertiary/aromatic N) is 4. The van der Waals surface area contributed by atoms with Crippen molar-refractivity contribution >= 4 is 28.0 Å². The Labute approximate surface area is 251 Å². The fourth-order valence-electron chi connectivity index (χ4n) is 6.40. The number of nitrogens with one attached hydrogen (secondary N) is 1. The van der Waals surface area contributed by atoms with E-state index in [1.54, 1.807) is 11.7 Å². The molecular formula is C34H40N6O3. The molecule has 2 aromatic heterocycles. The van der Waals surface area contributed by atoms with Crippen LogP contribution < -0.4 is 11.4 Å². The Morgan fingerprint density at radius 1 is 1.12 bits per heavy atom. The van der Waals surface area contributed by atoms with Gasteiger partial charge in [-0.25, -0.2) is 9.78 Å². The van der Waals surface area contributed by atoms with Crippen LogP contribution in [0, 0.1) is 6.92 Å². The van der Waals surface area contributed by atoms with Crippen LogP contribution in [-0.4, -0.2) is 62.8 Å². The summed E-state index contributed by atoms with van der Waals surface area (Å²) >= 11 is 0. The first kappa shape index (κ1) is 28.9. The van der Waals surface area contributed by atoms with Crippen LogP contribution >= 0.6 is 0 Å². The van der Waals surface area contributed by atoms with Crippen molar-refractivity contribution in [3.63, 3.8) is 0 Å². The first-order valence-corrected chi connectivity index (χ1v) is 15.2. The second kappa shape index (κ2) is 12.6. The Morgan fingerprint density at radius 2 is 1.93 bits per heavy atom. The van der Waals surface area contributed by atoms with Gasteiger partial charge in [0.05, 0.1) is 27.8 Å². The number of likely N-dealkylation sites (tertiary alicyclic amines) is 1. The van der Waals surface area contributed by atoms with Crippen molar-refractivity contribution in [2.45, 2.75) is 57.5 Å². The summed E-state index contributed by atoms with van der Waals surface area (Å²) in [5.41, 5.74) is 13.1. The number of aromatic nitrogens is 4. The lowest BCUT2D eigenvalue weighted by atomic mass is 9.96. The number of aromatic amines is 1. The molecule has 3 aromatic carbocycles. The monoisotopic (exact) mass is 580 g/mol. The average Bonchev–Trinajstić information content (AvgIpc) is 3.54. The van der Waals surface area contributed by atoms with Crippen molar-refractivity contribution in [3.05, 3.63) is 94.2 Å². The SMILES string of the molecule is COCCCn1c(C2CCCN(C(=O)CC(N)Cc3ccc(-n4c(=O)[nH]c5ccc(C)cc54)cc3)C2)nc2ccccc21. The van der Waals surface area contributed by atoms with Gasteiger partial charge in [0.25, 0.3) is 0 Å². The van der Waals surface area contributed by atoms with E-state index in [2.05, 4.69) is 27.8 Å². The van der Waals surface area contributed by atoms with Crippen LogP contribution in [0.1, 0.15) is 48.6 Å². The summed E-state index contributed by atoms with van der Waals surface area (Å²) in [6.07, 6.45) is 3.74. The summed E-state index contributed by atoms with van der Waals surface area (Å²) < 4.78 is 9.30. The van der Waals surface area contributed by atoms with E-state index in [1.807, 2.05) is 60.4 Å². The van der Waals surface area contributed by atoms with Crippen molar-refractivity contribution in [1.29, 1.82) is 0 Å². The molecular weight excluding hydrogens is 540 g/mol. The molecule has 224 valence electrons. The molecule has 0 bridgehead atoms. The van der Waals surface area contributed by atoms with E-state index in [9.17, 15) is 9.59 Å². The van der Waals surface area contributed by atoms with Gasteiger partial charge in [0.15, 0.2) is 0 Å². The third kappa shape index (κ3) is 6.14. The number of aryl methyl sites for hydroxylation is 2. The molecule has 3 N–H and O–H groups in total. The van der Waals surface area contributed by atoms with Crippen molar-refractivity contribution in [2.24, 2.45) is 5.73 Å². The number of benzene rings is 3. The van der Waals surface area contributed by atoms with Gasteiger partial charge in [-0.15, -0.1) is 0 Å². The van der Waals surface area contributed by atoms with E-state index < -0.39 is 0 Å². The maximum atomic E-state index is 13.4. The van der Waals surface area contributed by atoms with Crippen LogP contribution in [0.5, 0.6) is 0 Å². The van der Waals surface area contributed by atoms with Gasteiger partial charge in [0.1, 0.15) is 5.82 Å². The standard InChI is InChI=1S/C34H40N6O3/c1-23-10-15-29-31(19-23)40(34(42)37-29)27-13-11-24(12-14-27)20-26(35)21-32(41)38-16-5-7-25(22-38)33-36-28-8-3-4-9-30(28)39(33)17-6-18-43-2/h3-4,8-15,19,25-26H,5-7,16-18,20-22,35H2,1-2H3,(H,37,42). The lowest BCUT2D eigenvalue weighted by Gasteiger charge is -2.33. The van der Waals surface area contributed by atoms with Crippen molar-refractivity contribution in [1.82, 2.24) is 24.0 Å². The van der Waals surface area contributed by atoms with Gasteiger partial charge in [-0.05, 0) is 80.1 Å². The minimum Gasteiger partial charge on any atom is -0.385 e. The number of amides is 1. The topological polar surface area (TPSA) is 111 Å². The highest BCUT2D eigenvalue weighted by molar-refractivity contribution is 5.79. The Morgan fingerprint density at radius 3 is 2.74 bits per heavy atom. The number of nitrogens with two attached hydrogens (primary N) is 1. The largest absolute Gasteiger partial charge is 0.385 e. The second-order valence-corrected chi connectivity index (χ2v) is 11.8. The smallest absolute Gasteiger partial charge is 0.331 e. The molecule has 1 aliphatic heterocycles. The number of methoxy groups -OCH3 is 1. The average molecular weight is 581 g/mol. The van der Waals surface area contributed by atoms with Crippen LogP contribution in [0.3, 0.4) is 0 Å². The minimum atomic E-state index is -0.296. The third-order valence-electron chi connectivity index (χ3n) is 8.52. The van der Waals surface area contributed by atoms with Gasteiger partial charge in [0, 0.05) is 51.7 Å². The van der Waals surface area contributed by atoms with Crippen LogP contribution in [-0.2, 0) is 22.5 Å². The molecule has 1 amide bonds. The van der Waals surface area contributed by atoms with Crippen LogP contribution in [0.25, 0.3) is 27.8 Å². The third-order valence-corrected chi connectivity index (χ3v) is 8.52. The summed E-state index contributed by atoms with van der Waals surface area (Å²) in [5.74, 6) is 1.34. The molecule has 0 spiro atoms. The summed E-state index contributed by atoms with van der Waals surface area (Å²) in [6, 6.07) is 21.7. The number of para-hydroxylation sites is 2. The minimum absolute atomic E-state index is 0.0941. The number of fused-ring (bicyclic) bond motifs is 2. The molecule has 6 rings (SSSR count). The Kier molecular flexibility index (Phi) is 8.44. The number of piperidine rings is 1. The molecule has 9 nitrogen and oxygen atoms in total. The molecule has 1 fully saturated rings. The highest BCUT2D eigenvalue weighted by Crippen LogP contribution is 2.30. The summed E-state index contributed by atoms with van der Waals surface area (Å²) in [5, 5.41) is 0. The molecule has 1 saturated heterocycles. The zero-order chi connectivity index (χ0) is 29.9. The van der Waals surface area contributed by atoms with Crippen molar-refractivity contribution in [2.75, 3.05) is 26.8 Å². The number of rotatable bonds is 10. The number of carbonyl (C=O) groups is 1. The molecule has 1 aliphatic rings. The molecule has 9 heteroatoms. The number of carbonyl (C=O) groups excluding carboxylic acids is 1. The molecule has 3 heterocycles. The predicted molar refractivity (Wildman–Crippen MR) is 170 cm³/mol. The normalized spacial score (nSPS) is 16.3. The summed E-state index contributed by atoms with van der Waals surface area (Å²) in [7, 11) is 1.73. The predicted octanol–water partition coefficient (Wildman–Crippen LogP) is 4.68. The summed E-state index contributed by atoms with van der Waals surface area (Å²) in [4.78, 5) is 36.0. The molecule has 2 atom stereocenters. The van der Waals surface area contributed by atoms with E-state index in [4.69, 9.17) is 15.5 Å². The fraction of sp³-hybridized carbons (Fsp3) is 0.382. The van der Waals surface area contributed by atoms with Gasteiger partial charge in [0.2, 0.25) is 5.91 Å². The zero-order valence-electron chi connectivity index (χ0n) is 25.0. The maximum Gasteiger partial charge on any atom is 0.331 e. The van der Waals surface area contributed by atoms with Crippen LogP contribution in [0.15, 0.2) is 71.5 Å². The molecule has 5 aromatic rings. The van der Waals surface area contributed by atoms with E-state index in [0.29, 0.717) is 26.0 Å². The number of H-pyrrole nitrogens is 1. The Bertz CT molecular complexity index is 1780. The van der Waals surface area contributed by atoms with E-state index >= 15 is 0 Å². The first-order valence-electron chi connectivity index (χ1n) is 15.2. The Hall–Kier alpha value is -4.21. The first-order chi connectivity index (χ1) is 20.9. The van der Waals surface area contributed by atoms with Gasteiger partial charge in [-0.2, -0.15) is 0 Å². The molecule has 0 saturated carbocycles. The lowest BCUT2D eigenvalue weighted by molar-refractivity contribution is -0.132. The fourth-order valence-corrected chi connectivity index (χ4v) is 6.40. The van der Waals surface area contributed by atoms with E-state index in [1.165, 1.54) is 0 Å². The van der Waals surface area contributed by atoms with Gasteiger partial charge >= 0.3 is 5.69 Å². The Balaban J connectivity index is 1.10. The quantitative estimate of drug-likeness (QED) is 0.233. The summed E-state index contributed by atoms with van der Waals surface area (Å²) in [6.45, 7) is 4.96. The second-order valence-electron chi connectivity index (χ2n) is 11.8. The molecule has 2 unspecified atom stereocenters. The number of ether oxygens (including phenoxy) is 1. The number of hydrogen-bond donors (Lipinski definition) is 2. The van der Waals surface area contributed by atoms with E-state index in [-0.39, 0.29) is 23.6 Å². The van der Waals surface area contributed by atoms with Gasteiger partial charge < -0.3 is 24.9 Å². The molecule has 0 radical (unpaired) electrons. The zero-order valence-corrected chi connectivity index (χ0v) is 25.0. The lowest BCUT2D eigenvalue weighted by Crippen LogP contribution is -2.42. The van der Waals surface area contributed by atoms with Crippen LogP contribution in [0.2, 0.25) is 0 Å². The van der Waals surface area contributed by atoms with Gasteiger partial charge in [-0.3, -0.25) is 9.36 Å². The van der Waals surface area contributed by atoms with E-state index in [0.717, 1.165) is 77.1 Å². The molecule has 0 aliphatic carbocycles.